The zero-order valence-corrected chi connectivity index (χ0v) is 13.2. The largest absolute Gasteiger partial charge is 0.354 e. The summed E-state index contributed by atoms with van der Waals surface area (Å²) < 4.78 is 40.3. The van der Waals surface area contributed by atoms with E-state index in [4.69, 9.17) is 0 Å². The molecule has 0 amide bonds. The van der Waals surface area contributed by atoms with E-state index in [1.807, 2.05) is 6.92 Å². The van der Waals surface area contributed by atoms with E-state index in [1.54, 1.807) is 30.5 Å². The maximum absolute atomic E-state index is 13.9. The fourth-order valence-electron chi connectivity index (χ4n) is 2.15. The highest BCUT2D eigenvalue weighted by Gasteiger charge is 2.15. The standard InChI is InChI=1S/C17H14F3N5/c1-2-21-17-24-13(11-5-3-4-8-22-11)9-14(25-17)23-12-7-6-10(18)15(19)16(12)20/h3-9H,2H2,1H3,(H2,21,23,24,25). The van der Waals surface area contributed by atoms with E-state index < -0.39 is 17.5 Å². The Morgan fingerprint density at radius 1 is 0.960 bits per heavy atom. The van der Waals surface area contributed by atoms with Gasteiger partial charge in [-0.15, -0.1) is 0 Å². The highest BCUT2D eigenvalue weighted by Crippen LogP contribution is 2.25. The van der Waals surface area contributed by atoms with Crippen molar-refractivity contribution in [1.82, 2.24) is 15.0 Å². The lowest BCUT2D eigenvalue weighted by atomic mass is 10.2. The van der Waals surface area contributed by atoms with Gasteiger partial charge in [-0.05, 0) is 31.2 Å². The Kier molecular flexibility index (Phi) is 4.78. The van der Waals surface area contributed by atoms with Crippen LogP contribution in [0, 0.1) is 17.5 Å². The van der Waals surface area contributed by atoms with Crippen LogP contribution in [0.3, 0.4) is 0 Å². The van der Waals surface area contributed by atoms with Crippen molar-refractivity contribution in [1.29, 1.82) is 0 Å². The summed E-state index contributed by atoms with van der Waals surface area (Å²) in [6.45, 7) is 2.45. The first kappa shape index (κ1) is 16.7. The van der Waals surface area contributed by atoms with Crippen LogP contribution in [0.1, 0.15) is 6.92 Å². The van der Waals surface area contributed by atoms with Crippen LogP contribution >= 0.6 is 0 Å². The van der Waals surface area contributed by atoms with Crippen LogP contribution in [-0.4, -0.2) is 21.5 Å². The molecule has 0 saturated carbocycles. The number of halogens is 3. The second kappa shape index (κ2) is 7.16. The Morgan fingerprint density at radius 3 is 2.52 bits per heavy atom. The van der Waals surface area contributed by atoms with E-state index in [1.165, 1.54) is 0 Å². The summed E-state index contributed by atoms with van der Waals surface area (Å²) in [7, 11) is 0. The first-order valence-electron chi connectivity index (χ1n) is 7.53. The number of nitrogens with zero attached hydrogens (tertiary/aromatic N) is 3. The molecule has 0 aliphatic rings. The van der Waals surface area contributed by atoms with Crippen LogP contribution in [0.4, 0.5) is 30.6 Å². The van der Waals surface area contributed by atoms with Crippen LogP contribution < -0.4 is 10.6 Å². The van der Waals surface area contributed by atoms with Gasteiger partial charge in [-0.1, -0.05) is 6.07 Å². The second-order valence-electron chi connectivity index (χ2n) is 5.06. The van der Waals surface area contributed by atoms with Crippen molar-refractivity contribution in [3.63, 3.8) is 0 Å². The minimum Gasteiger partial charge on any atom is -0.354 e. The predicted octanol–water partition coefficient (Wildman–Crippen LogP) is 4.13. The lowest BCUT2D eigenvalue weighted by Gasteiger charge is -2.11. The van der Waals surface area contributed by atoms with Crippen LogP contribution in [0.5, 0.6) is 0 Å². The molecule has 0 saturated heterocycles. The van der Waals surface area contributed by atoms with Gasteiger partial charge < -0.3 is 10.6 Å². The van der Waals surface area contributed by atoms with Crippen molar-refractivity contribution in [3.8, 4) is 11.4 Å². The minimum atomic E-state index is -1.55. The molecule has 0 radical (unpaired) electrons. The van der Waals surface area contributed by atoms with Gasteiger partial charge in [-0.2, -0.15) is 4.98 Å². The van der Waals surface area contributed by atoms with Gasteiger partial charge >= 0.3 is 0 Å². The van der Waals surface area contributed by atoms with Crippen molar-refractivity contribution in [2.24, 2.45) is 0 Å². The first-order chi connectivity index (χ1) is 12.1. The zero-order valence-electron chi connectivity index (χ0n) is 13.2. The Morgan fingerprint density at radius 2 is 1.80 bits per heavy atom. The number of aromatic nitrogens is 3. The predicted molar refractivity (Wildman–Crippen MR) is 89.0 cm³/mol. The van der Waals surface area contributed by atoms with Gasteiger partial charge in [0, 0.05) is 18.8 Å². The Bertz CT molecular complexity index is 887. The lowest BCUT2D eigenvalue weighted by molar-refractivity contribution is 0.449. The molecule has 25 heavy (non-hydrogen) atoms. The van der Waals surface area contributed by atoms with Gasteiger partial charge in [-0.25, -0.2) is 18.2 Å². The molecule has 0 aliphatic heterocycles. The fourth-order valence-corrected chi connectivity index (χ4v) is 2.15. The number of nitrogens with one attached hydrogen (secondary N) is 2. The molecule has 3 aromatic rings. The monoisotopic (exact) mass is 345 g/mol. The second-order valence-corrected chi connectivity index (χ2v) is 5.06. The van der Waals surface area contributed by atoms with E-state index in [0.29, 0.717) is 23.9 Å². The highest BCUT2D eigenvalue weighted by atomic mass is 19.2. The Hall–Kier alpha value is -3.16. The van der Waals surface area contributed by atoms with Gasteiger partial charge in [0.2, 0.25) is 5.95 Å². The smallest absolute Gasteiger partial charge is 0.225 e. The van der Waals surface area contributed by atoms with Crippen molar-refractivity contribution >= 4 is 17.5 Å². The summed E-state index contributed by atoms with van der Waals surface area (Å²) in [6.07, 6.45) is 1.62. The molecule has 8 heteroatoms. The normalized spacial score (nSPS) is 10.6. The molecule has 0 fully saturated rings. The van der Waals surface area contributed by atoms with Gasteiger partial charge in [0.05, 0.1) is 17.1 Å². The number of benzene rings is 1. The van der Waals surface area contributed by atoms with Crippen molar-refractivity contribution < 1.29 is 13.2 Å². The molecule has 1 aromatic carbocycles. The molecule has 2 N–H and O–H groups in total. The zero-order chi connectivity index (χ0) is 17.8. The van der Waals surface area contributed by atoms with Gasteiger partial charge in [0.25, 0.3) is 0 Å². The summed E-state index contributed by atoms with van der Waals surface area (Å²) >= 11 is 0. The molecular weight excluding hydrogens is 331 g/mol. The van der Waals surface area contributed by atoms with E-state index in [9.17, 15) is 13.2 Å². The SMILES string of the molecule is CCNc1nc(Nc2ccc(F)c(F)c2F)cc(-c2ccccn2)n1. The molecular formula is C17H14F3N5. The molecule has 0 aliphatic carbocycles. The summed E-state index contributed by atoms with van der Waals surface area (Å²) in [5.41, 5.74) is 0.863. The van der Waals surface area contributed by atoms with Crippen molar-refractivity contribution in [2.75, 3.05) is 17.2 Å². The van der Waals surface area contributed by atoms with Gasteiger partial charge in [-0.3, -0.25) is 4.98 Å². The average molecular weight is 345 g/mol. The quantitative estimate of drug-likeness (QED) is 0.681. The van der Waals surface area contributed by atoms with Crippen LogP contribution in [0.15, 0.2) is 42.6 Å². The first-order valence-corrected chi connectivity index (χ1v) is 7.53. The highest BCUT2D eigenvalue weighted by molar-refractivity contribution is 5.65. The molecule has 0 bridgehead atoms. The third-order valence-electron chi connectivity index (χ3n) is 3.29. The maximum atomic E-state index is 13.9. The summed E-state index contributed by atoms with van der Waals surface area (Å²) in [6, 6.07) is 8.82. The third kappa shape index (κ3) is 3.68. The summed E-state index contributed by atoms with van der Waals surface area (Å²) in [5, 5.41) is 5.61. The van der Waals surface area contributed by atoms with Crippen LogP contribution in [-0.2, 0) is 0 Å². The maximum Gasteiger partial charge on any atom is 0.225 e. The number of pyridine rings is 1. The van der Waals surface area contributed by atoms with E-state index >= 15 is 0 Å². The van der Waals surface area contributed by atoms with Crippen molar-refractivity contribution in [2.45, 2.75) is 6.92 Å². The molecule has 0 spiro atoms. The fraction of sp³-hybridized carbons (Fsp3) is 0.118. The third-order valence-corrected chi connectivity index (χ3v) is 3.29. The molecule has 2 heterocycles. The van der Waals surface area contributed by atoms with Crippen LogP contribution in [0.25, 0.3) is 11.4 Å². The molecule has 0 unspecified atom stereocenters. The molecule has 5 nitrogen and oxygen atoms in total. The van der Waals surface area contributed by atoms with Crippen LogP contribution in [0.2, 0.25) is 0 Å². The molecule has 0 atom stereocenters. The van der Waals surface area contributed by atoms with Gasteiger partial charge in [0.15, 0.2) is 17.5 Å². The molecule has 3 rings (SSSR count). The van der Waals surface area contributed by atoms with E-state index in [-0.39, 0.29) is 11.5 Å². The Balaban J connectivity index is 2.01. The summed E-state index contributed by atoms with van der Waals surface area (Å²) in [4.78, 5) is 12.7. The summed E-state index contributed by atoms with van der Waals surface area (Å²) in [5.74, 6) is -3.60. The van der Waals surface area contributed by atoms with Gasteiger partial charge in [0.1, 0.15) is 5.82 Å². The van der Waals surface area contributed by atoms with E-state index in [0.717, 1.165) is 12.1 Å². The minimum absolute atomic E-state index is 0.219. The number of hydrogen-bond donors (Lipinski definition) is 2. The topological polar surface area (TPSA) is 62.7 Å². The Labute approximate surface area is 142 Å². The van der Waals surface area contributed by atoms with E-state index in [2.05, 4.69) is 25.6 Å². The molecule has 2 aromatic heterocycles. The molecule has 128 valence electrons. The average Bonchev–Trinajstić information content (AvgIpc) is 2.63. The number of hydrogen-bond acceptors (Lipinski definition) is 5. The lowest BCUT2D eigenvalue weighted by Crippen LogP contribution is -2.06. The van der Waals surface area contributed by atoms with Crippen molar-refractivity contribution in [3.05, 3.63) is 60.0 Å². The number of rotatable bonds is 5. The number of anilines is 3.